The number of aromatic nitrogens is 1. The molecule has 0 aliphatic rings. The number of nitrogens with one attached hydrogen (secondary N) is 1. The summed E-state index contributed by atoms with van der Waals surface area (Å²) in [5.74, 6) is 0. The minimum absolute atomic E-state index is 0.536. The number of nitrogens with zero attached hydrogens (tertiary/aromatic N) is 1. The van der Waals surface area contributed by atoms with Crippen LogP contribution in [0.1, 0.15) is 36.5 Å². The Morgan fingerprint density at radius 1 is 1.00 bits per heavy atom. The maximum atomic E-state index is 4.10. The van der Waals surface area contributed by atoms with E-state index < -0.39 is 0 Å². The fourth-order valence-corrected chi connectivity index (χ4v) is 2.52. The lowest BCUT2D eigenvalue weighted by molar-refractivity contribution is 0.477. The molecule has 0 radical (unpaired) electrons. The standard InChI is InChI=1S/C19H26N2/c1-3-12-21-19(15-18-10-13-20-14-11-18)9-8-17-6-4-16(2)5-7-17/h4-7,10-11,13-14,19,21H,3,8-9,12,15H2,1-2H3. The Bertz CT molecular complexity index is 505. The lowest BCUT2D eigenvalue weighted by atomic mass is 9.99. The first-order chi connectivity index (χ1) is 10.3. The van der Waals surface area contributed by atoms with Crippen molar-refractivity contribution in [2.24, 2.45) is 0 Å². The molecule has 0 aliphatic carbocycles. The van der Waals surface area contributed by atoms with Crippen LogP contribution in [0.4, 0.5) is 0 Å². The molecule has 0 saturated carbocycles. The second-order valence-electron chi connectivity index (χ2n) is 5.73. The first-order valence-electron chi connectivity index (χ1n) is 7.95. The van der Waals surface area contributed by atoms with E-state index in [1.165, 1.54) is 29.5 Å². The monoisotopic (exact) mass is 282 g/mol. The third kappa shape index (κ3) is 5.68. The van der Waals surface area contributed by atoms with Crippen molar-refractivity contribution in [3.63, 3.8) is 0 Å². The van der Waals surface area contributed by atoms with Crippen molar-refractivity contribution in [2.45, 2.75) is 45.6 Å². The van der Waals surface area contributed by atoms with Crippen LogP contribution in [0.2, 0.25) is 0 Å². The summed E-state index contributed by atoms with van der Waals surface area (Å²) in [6, 6.07) is 13.7. The van der Waals surface area contributed by atoms with Gasteiger partial charge in [0, 0.05) is 18.4 Å². The van der Waals surface area contributed by atoms with E-state index in [1.807, 2.05) is 12.4 Å². The van der Waals surface area contributed by atoms with E-state index in [-0.39, 0.29) is 0 Å². The Hall–Kier alpha value is -1.67. The zero-order chi connectivity index (χ0) is 14.9. The van der Waals surface area contributed by atoms with Gasteiger partial charge in [0.2, 0.25) is 0 Å². The molecule has 112 valence electrons. The second-order valence-corrected chi connectivity index (χ2v) is 5.73. The minimum Gasteiger partial charge on any atom is -0.314 e. The Labute approximate surface area is 128 Å². The summed E-state index contributed by atoms with van der Waals surface area (Å²) in [6.07, 6.45) is 8.32. The zero-order valence-electron chi connectivity index (χ0n) is 13.2. The van der Waals surface area contributed by atoms with Gasteiger partial charge in [-0.1, -0.05) is 36.8 Å². The molecule has 0 saturated heterocycles. The number of aryl methyl sites for hydroxylation is 2. The van der Waals surface area contributed by atoms with Gasteiger partial charge in [0.1, 0.15) is 0 Å². The molecule has 0 fully saturated rings. The highest BCUT2D eigenvalue weighted by atomic mass is 14.9. The Morgan fingerprint density at radius 2 is 1.71 bits per heavy atom. The average Bonchev–Trinajstić information content (AvgIpc) is 2.52. The molecule has 2 aromatic rings. The molecule has 1 N–H and O–H groups in total. The molecule has 0 aliphatic heterocycles. The van der Waals surface area contributed by atoms with Gasteiger partial charge >= 0.3 is 0 Å². The summed E-state index contributed by atoms with van der Waals surface area (Å²) < 4.78 is 0. The van der Waals surface area contributed by atoms with Gasteiger partial charge in [-0.05, 0) is 62.4 Å². The van der Waals surface area contributed by atoms with E-state index in [0.717, 1.165) is 19.4 Å². The molecular formula is C19H26N2. The fourth-order valence-electron chi connectivity index (χ4n) is 2.52. The lowest BCUT2D eigenvalue weighted by Crippen LogP contribution is -2.32. The molecular weight excluding hydrogens is 256 g/mol. The lowest BCUT2D eigenvalue weighted by Gasteiger charge is -2.18. The van der Waals surface area contributed by atoms with Crippen molar-refractivity contribution in [3.8, 4) is 0 Å². The molecule has 0 amide bonds. The van der Waals surface area contributed by atoms with Crippen LogP contribution in [0.5, 0.6) is 0 Å². The van der Waals surface area contributed by atoms with Crippen molar-refractivity contribution in [1.82, 2.24) is 10.3 Å². The molecule has 1 aromatic carbocycles. The van der Waals surface area contributed by atoms with Crippen molar-refractivity contribution < 1.29 is 0 Å². The summed E-state index contributed by atoms with van der Waals surface area (Å²) in [6.45, 7) is 5.44. The van der Waals surface area contributed by atoms with E-state index in [1.54, 1.807) is 0 Å². The average molecular weight is 282 g/mol. The van der Waals surface area contributed by atoms with E-state index in [0.29, 0.717) is 6.04 Å². The van der Waals surface area contributed by atoms with Crippen molar-refractivity contribution in [3.05, 3.63) is 65.5 Å². The summed E-state index contributed by atoms with van der Waals surface area (Å²) in [4.78, 5) is 4.10. The van der Waals surface area contributed by atoms with Gasteiger partial charge in [-0.2, -0.15) is 0 Å². The van der Waals surface area contributed by atoms with Crippen LogP contribution >= 0.6 is 0 Å². The summed E-state index contributed by atoms with van der Waals surface area (Å²) in [5.41, 5.74) is 4.12. The molecule has 0 bridgehead atoms. The highest BCUT2D eigenvalue weighted by molar-refractivity contribution is 5.21. The van der Waals surface area contributed by atoms with Crippen LogP contribution in [0, 0.1) is 6.92 Å². The van der Waals surface area contributed by atoms with Crippen molar-refractivity contribution in [1.29, 1.82) is 0 Å². The minimum atomic E-state index is 0.536. The first kappa shape index (κ1) is 15.7. The third-order valence-corrected chi connectivity index (χ3v) is 3.82. The van der Waals surface area contributed by atoms with E-state index in [9.17, 15) is 0 Å². The molecule has 1 unspecified atom stereocenters. The van der Waals surface area contributed by atoms with Crippen molar-refractivity contribution in [2.75, 3.05) is 6.54 Å². The molecule has 2 heteroatoms. The normalized spacial score (nSPS) is 12.3. The van der Waals surface area contributed by atoms with Gasteiger partial charge in [-0.15, -0.1) is 0 Å². The Balaban J connectivity index is 1.91. The predicted octanol–water partition coefficient (Wildman–Crippen LogP) is 3.93. The highest BCUT2D eigenvalue weighted by Gasteiger charge is 2.09. The second kappa shape index (κ2) is 8.58. The molecule has 21 heavy (non-hydrogen) atoms. The summed E-state index contributed by atoms with van der Waals surface area (Å²) in [7, 11) is 0. The largest absolute Gasteiger partial charge is 0.314 e. The van der Waals surface area contributed by atoms with Gasteiger partial charge in [0.25, 0.3) is 0 Å². The van der Waals surface area contributed by atoms with Crippen LogP contribution in [0.15, 0.2) is 48.8 Å². The van der Waals surface area contributed by atoms with Gasteiger partial charge in [-0.25, -0.2) is 0 Å². The molecule has 1 aromatic heterocycles. The Kier molecular flexibility index (Phi) is 6.42. The van der Waals surface area contributed by atoms with Gasteiger partial charge in [0.05, 0.1) is 0 Å². The van der Waals surface area contributed by atoms with Crippen LogP contribution < -0.4 is 5.32 Å². The van der Waals surface area contributed by atoms with Crippen LogP contribution in [-0.4, -0.2) is 17.6 Å². The maximum Gasteiger partial charge on any atom is 0.0270 e. The molecule has 2 rings (SSSR count). The number of hydrogen-bond donors (Lipinski definition) is 1. The van der Waals surface area contributed by atoms with Crippen LogP contribution in [-0.2, 0) is 12.8 Å². The number of pyridine rings is 1. The number of benzene rings is 1. The fraction of sp³-hybridized carbons (Fsp3) is 0.421. The maximum absolute atomic E-state index is 4.10. The quantitative estimate of drug-likeness (QED) is 0.793. The molecule has 1 heterocycles. The third-order valence-electron chi connectivity index (χ3n) is 3.82. The van der Waals surface area contributed by atoms with E-state index >= 15 is 0 Å². The molecule has 1 atom stereocenters. The SMILES string of the molecule is CCCNC(CCc1ccc(C)cc1)Cc1ccncc1. The topological polar surface area (TPSA) is 24.9 Å². The van der Waals surface area contributed by atoms with E-state index in [2.05, 4.69) is 60.5 Å². The van der Waals surface area contributed by atoms with Crippen molar-refractivity contribution >= 4 is 0 Å². The van der Waals surface area contributed by atoms with Gasteiger partial charge in [-0.3, -0.25) is 4.98 Å². The summed E-state index contributed by atoms with van der Waals surface area (Å²) in [5, 5.41) is 3.68. The van der Waals surface area contributed by atoms with Crippen LogP contribution in [0.25, 0.3) is 0 Å². The molecule has 0 spiro atoms. The number of rotatable bonds is 8. The highest BCUT2D eigenvalue weighted by Crippen LogP contribution is 2.11. The van der Waals surface area contributed by atoms with Crippen LogP contribution in [0.3, 0.4) is 0 Å². The first-order valence-corrected chi connectivity index (χ1v) is 7.95. The van der Waals surface area contributed by atoms with E-state index in [4.69, 9.17) is 0 Å². The summed E-state index contributed by atoms with van der Waals surface area (Å²) >= 11 is 0. The number of hydrogen-bond acceptors (Lipinski definition) is 2. The predicted molar refractivity (Wildman–Crippen MR) is 89.5 cm³/mol. The Morgan fingerprint density at radius 3 is 2.38 bits per heavy atom. The smallest absolute Gasteiger partial charge is 0.0270 e. The molecule has 2 nitrogen and oxygen atoms in total. The van der Waals surface area contributed by atoms with Gasteiger partial charge < -0.3 is 5.32 Å². The zero-order valence-corrected chi connectivity index (χ0v) is 13.2. The van der Waals surface area contributed by atoms with Gasteiger partial charge in [0.15, 0.2) is 0 Å².